The SMILES string of the molecule is C=CC(=O)OC(=O)OCCCC. The van der Waals surface area contributed by atoms with E-state index in [2.05, 4.69) is 16.1 Å². The van der Waals surface area contributed by atoms with Crippen LogP contribution in [0.3, 0.4) is 0 Å². The molecule has 0 heterocycles. The minimum absolute atomic E-state index is 0.278. The molecule has 4 heteroatoms. The molecular formula is C8H12O4. The molecule has 0 amide bonds. The molecule has 0 rings (SSSR count). The second kappa shape index (κ2) is 6.39. The maximum absolute atomic E-state index is 10.6. The van der Waals surface area contributed by atoms with Crippen molar-refractivity contribution >= 4 is 12.1 Å². The van der Waals surface area contributed by atoms with Crippen LogP contribution in [0.25, 0.3) is 0 Å². The molecule has 0 aliphatic heterocycles. The molecule has 0 saturated heterocycles. The van der Waals surface area contributed by atoms with Crippen molar-refractivity contribution in [2.45, 2.75) is 19.8 Å². The second-order valence-corrected chi connectivity index (χ2v) is 2.08. The lowest BCUT2D eigenvalue weighted by Crippen LogP contribution is -2.12. The van der Waals surface area contributed by atoms with Gasteiger partial charge in [0.2, 0.25) is 0 Å². The van der Waals surface area contributed by atoms with Crippen molar-refractivity contribution in [2.75, 3.05) is 6.61 Å². The van der Waals surface area contributed by atoms with Crippen LogP contribution in [0.2, 0.25) is 0 Å². The number of carbonyl (C=O) groups is 2. The monoisotopic (exact) mass is 172 g/mol. The third kappa shape index (κ3) is 5.46. The van der Waals surface area contributed by atoms with Crippen LogP contribution in [0.1, 0.15) is 19.8 Å². The Labute approximate surface area is 71.2 Å². The van der Waals surface area contributed by atoms with Crippen molar-refractivity contribution in [3.8, 4) is 0 Å². The minimum atomic E-state index is -0.964. The fourth-order valence-corrected chi connectivity index (χ4v) is 0.453. The molecule has 0 aromatic carbocycles. The first-order valence-corrected chi connectivity index (χ1v) is 3.71. The van der Waals surface area contributed by atoms with E-state index in [1.807, 2.05) is 6.92 Å². The van der Waals surface area contributed by atoms with E-state index in [0.29, 0.717) is 0 Å². The van der Waals surface area contributed by atoms with Gasteiger partial charge in [-0.05, 0) is 6.42 Å². The number of rotatable bonds is 4. The smallest absolute Gasteiger partial charge is 0.434 e. The number of unbranched alkanes of at least 4 members (excludes halogenated alkanes) is 1. The van der Waals surface area contributed by atoms with Gasteiger partial charge < -0.3 is 9.47 Å². The Morgan fingerprint density at radius 3 is 2.67 bits per heavy atom. The van der Waals surface area contributed by atoms with Gasteiger partial charge in [0, 0.05) is 6.08 Å². The van der Waals surface area contributed by atoms with Gasteiger partial charge in [-0.15, -0.1) is 0 Å². The minimum Gasteiger partial charge on any atom is -0.434 e. The Balaban J connectivity index is 3.46. The van der Waals surface area contributed by atoms with Crippen LogP contribution in [0, 0.1) is 0 Å². The summed E-state index contributed by atoms with van der Waals surface area (Å²) < 4.78 is 8.65. The van der Waals surface area contributed by atoms with Crippen LogP contribution in [0.4, 0.5) is 4.79 Å². The van der Waals surface area contributed by atoms with Crippen molar-refractivity contribution in [1.29, 1.82) is 0 Å². The highest BCUT2D eigenvalue weighted by atomic mass is 16.7. The first kappa shape index (κ1) is 10.7. The molecule has 0 aromatic heterocycles. The summed E-state index contributed by atoms with van der Waals surface area (Å²) in [5, 5.41) is 0. The van der Waals surface area contributed by atoms with Crippen LogP contribution in [0.15, 0.2) is 12.7 Å². The molecule has 0 N–H and O–H groups in total. The van der Waals surface area contributed by atoms with E-state index in [1.165, 1.54) is 0 Å². The zero-order valence-electron chi connectivity index (χ0n) is 7.04. The van der Waals surface area contributed by atoms with Gasteiger partial charge in [0.25, 0.3) is 0 Å². The predicted molar refractivity (Wildman–Crippen MR) is 42.5 cm³/mol. The van der Waals surface area contributed by atoms with Crippen molar-refractivity contribution in [1.82, 2.24) is 0 Å². The van der Waals surface area contributed by atoms with Gasteiger partial charge in [-0.1, -0.05) is 19.9 Å². The molecule has 0 aliphatic carbocycles. The van der Waals surface area contributed by atoms with Crippen LogP contribution in [0.5, 0.6) is 0 Å². The first-order chi connectivity index (χ1) is 5.70. The topological polar surface area (TPSA) is 52.6 Å². The fraction of sp³-hybridized carbons (Fsp3) is 0.500. The Morgan fingerprint density at radius 2 is 2.17 bits per heavy atom. The van der Waals surface area contributed by atoms with Crippen molar-refractivity contribution in [3.63, 3.8) is 0 Å². The van der Waals surface area contributed by atoms with E-state index >= 15 is 0 Å². The zero-order chi connectivity index (χ0) is 9.40. The molecule has 0 saturated carbocycles. The lowest BCUT2D eigenvalue weighted by atomic mass is 10.4. The standard InChI is InChI=1S/C8H12O4/c1-3-5-6-11-8(10)12-7(9)4-2/h4H,2-3,5-6H2,1H3. The van der Waals surface area contributed by atoms with E-state index in [-0.39, 0.29) is 6.61 Å². The summed E-state index contributed by atoms with van der Waals surface area (Å²) >= 11 is 0. The average molecular weight is 172 g/mol. The van der Waals surface area contributed by atoms with Crippen LogP contribution < -0.4 is 0 Å². The normalized spacial score (nSPS) is 8.75. The van der Waals surface area contributed by atoms with Crippen LogP contribution in [-0.4, -0.2) is 18.7 Å². The molecule has 0 fully saturated rings. The van der Waals surface area contributed by atoms with Crippen molar-refractivity contribution in [3.05, 3.63) is 12.7 Å². The molecule has 0 unspecified atom stereocenters. The Morgan fingerprint density at radius 1 is 1.50 bits per heavy atom. The van der Waals surface area contributed by atoms with Crippen LogP contribution in [-0.2, 0) is 14.3 Å². The van der Waals surface area contributed by atoms with Gasteiger partial charge in [-0.3, -0.25) is 0 Å². The summed E-state index contributed by atoms with van der Waals surface area (Å²) in [6, 6.07) is 0. The van der Waals surface area contributed by atoms with E-state index < -0.39 is 12.1 Å². The highest BCUT2D eigenvalue weighted by Gasteiger charge is 2.06. The Bertz CT molecular complexity index is 174. The number of hydrogen-bond acceptors (Lipinski definition) is 4. The third-order valence-electron chi connectivity index (χ3n) is 1.07. The molecule has 0 radical (unpaired) electrons. The number of ether oxygens (including phenoxy) is 2. The highest BCUT2D eigenvalue weighted by Crippen LogP contribution is 1.92. The molecule has 12 heavy (non-hydrogen) atoms. The quantitative estimate of drug-likeness (QED) is 0.280. The van der Waals surface area contributed by atoms with E-state index in [1.54, 1.807) is 0 Å². The summed E-state index contributed by atoms with van der Waals surface area (Å²) in [5.74, 6) is -0.795. The van der Waals surface area contributed by atoms with Gasteiger partial charge >= 0.3 is 12.1 Å². The lowest BCUT2D eigenvalue weighted by Gasteiger charge is -2.00. The second-order valence-electron chi connectivity index (χ2n) is 2.08. The molecule has 0 atom stereocenters. The fourth-order valence-electron chi connectivity index (χ4n) is 0.453. The van der Waals surface area contributed by atoms with Gasteiger partial charge in [-0.25, -0.2) is 9.59 Å². The maximum atomic E-state index is 10.6. The van der Waals surface area contributed by atoms with Crippen LogP contribution >= 0.6 is 0 Å². The van der Waals surface area contributed by atoms with Gasteiger partial charge in [0.1, 0.15) is 0 Å². The predicted octanol–water partition coefficient (Wildman–Crippen LogP) is 1.65. The van der Waals surface area contributed by atoms with Gasteiger partial charge in [-0.2, -0.15) is 0 Å². The molecule has 0 bridgehead atoms. The first-order valence-electron chi connectivity index (χ1n) is 3.71. The third-order valence-corrected chi connectivity index (χ3v) is 1.07. The largest absolute Gasteiger partial charge is 0.516 e. The summed E-state index contributed by atoms with van der Waals surface area (Å²) in [7, 11) is 0. The molecule has 0 aromatic rings. The summed E-state index contributed by atoms with van der Waals surface area (Å²) in [5.41, 5.74) is 0. The maximum Gasteiger partial charge on any atom is 0.516 e. The van der Waals surface area contributed by atoms with Gasteiger partial charge in [0.05, 0.1) is 6.61 Å². The van der Waals surface area contributed by atoms with E-state index in [4.69, 9.17) is 0 Å². The Kier molecular flexibility index (Phi) is 5.69. The molecule has 0 aliphatic rings. The molecule has 0 spiro atoms. The number of carbonyl (C=O) groups excluding carboxylic acids is 2. The zero-order valence-corrected chi connectivity index (χ0v) is 7.04. The molecular weight excluding hydrogens is 160 g/mol. The summed E-state index contributed by atoms with van der Waals surface area (Å²) in [6.07, 6.45) is 1.62. The lowest BCUT2D eigenvalue weighted by molar-refractivity contribution is -0.134. The van der Waals surface area contributed by atoms with E-state index in [9.17, 15) is 9.59 Å². The molecule has 4 nitrogen and oxygen atoms in total. The summed E-state index contributed by atoms with van der Waals surface area (Å²) in [6.45, 7) is 5.37. The summed E-state index contributed by atoms with van der Waals surface area (Å²) in [4.78, 5) is 21.0. The van der Waals surface area contributed by atoms with Crippen molar-refractivity contribution in [2.24, 2.45) is 0 Å². The average Bonchev–Trinajstić information content (AvgIpc) is 2.05. The van der Waals surface area contributed by atoms with Gasteiger partial charge in [0.15, 0.2) is 0 Å². The molecule has 68 valence electrons. The number of hydrogen-bond donors (Lipinski definition) is 0. The van der Waals surface area contributed by atoms with E-state index in [0.717, 1.165) is 18.9 Å². The Hall–Kier alpha value is -1.32. The van der Waals surface area contributed by atoms with Crippen molar-refractivity contribution < 1.29 is 19.1 Å². The number of esters is 1. The highest BCUT2D eigenvalue weighted by molar-refractivity contribution is 5.89.